The summed E-state index contributed by atoms with van der Waals surface area (Å²) in [6.07, 6.45) is 7.54. The lowest BCUT2D eigenvalue weighted by Crippen LogP contribution is -2.50. The van der Waals surface area contributed by atoms with Gasteiger partial charge in [0, 0.05) is 25.7 Å². The quantitative estimate of drug-likeness (QED) is 0.232. The van der Waals surface area contributed by atoms with Gasteiger partial charge >= 0.3 is 0 Å². The third kappa shape index (κ3) is 5.91. The van der Waals surface area contributed by atoms with E-state index < -0.39 is 8.32 Å². The minimum atomic E-state index is -1.73. The molecule has 4 heteroatoms. The molecule has 0 heterocycles. The molecular formula is C26H48O3Si. The van der Waals surface area contributed by atoms with Gasteiger partial charge in [-0.3, -0.25) is 0 Å². The summed E-state index contributed by atoms with van der Waals surface area (Å²) in [6.45, 7) is 22.1. The number of ether oxygens (including phenoxy) is 2. The molecule has 2 aliphatic carbocycles. The molecule has 5 atom stereocenters. The first-order valence-electron chi connectivity index (χ1n) is 12.4. The summed E-state index contributed by atoms with van der Waals surface area (Å²) in [6, 6.07) is 0. The van der Waals surface area contributed by atoms with Gasteiger partial charge in [0.25, 0.3) is 0 Å². The Balaban J connectivity index is 2.06. The van der Waals surface area contributed by atoms with E-state index in [1.54, 1.807) is 0 Å². The van der Waals surface area contributed by atoms with Crippen molar-refractivity contribution in [2.24, 2.45) is 23.2 Å². The Hall–Kier alpha value is -0.343. The van der Waals surface area contributed by atoms with Crippen LogP contribution in [0.4, 0.5) is 0 Å². The van der Waals surface area contributed by atoms with E-state index in [4.69, 9.17) is 13.9 Å². The molecule has 3 nitrogen and oxygen atoms in total. The minimum Gasteiger partial charge on any atom is -0.414 e. The van der Waals surface area contributed by atoms with Gasteiger partial charge in [-0.15, -0.1) is 0 Å². The number of hydrogen-bond acceptors (Lipinski definition) is 3. The van der Waals surface area contributed by atoms with Crippen LogP contribution in [0.25, 0.3) is 0 Å². The van der Waals surface area contributed by atoms with Crippen molar-refractivity contribution in [2.45, 2.75) is 118 Å². The fourth-order valence-electron chi connectivity index (χ4n) is 5.67. The van der Waals surface area contributed by atoms with Gasteiger partial charge in [-0.2, -0.15) is 0 Å². The standard InChI is InChI=1S/C26H48O3Si/c1-10-27-24(28-11-2)16-12-14-20(3)21-17-18-22-23(15-13-19-26(21,22)7)29-30(8,9)25(4,5)6/h20-24H,10-11,13-15,17-19H2,1-9H3/t20-,21-,22+,23+,26-/m1/s1. The third-order valence-corrected chi connectivity index (χ3v) is 12.9. The Morgan fingerprint density at radius 3 is 2.27 bits per heavy atom. The minimum absolute atomic E-state index is 0.277. The molecule has 2 saturated carbocycles. The molecule has 0 N–H and O–H groups in total. The lowest BCUT2D eigenvalue weighted by Gasteiger charge is -2.49. The maximum Gasteiger partial charge on any atom is 0.222 e. The highest BCUT2D eigenvalue weighted by Gasteiger charge is 2.54. The second-order valence-electron chi connectivity index (χ2n) is 11.4. The van der Waals surface area contributed by atoms with Crippen molar-refractivity contribution in [3.05, 3.63) is 0 Å². The van der Waals surface area contributed by atoms with Crippen LogP contribution in [0.2, 0.25) is 18.1 Å². The first-order chi connectivity index (χ1) is 14.0. The fraction of sp³-hybridized carbons (Fsp3) is 0.923. The van der Waals surface area contributed by atoms with Crippen molar-refractivity contribution >= 4 is 8.32 Å². The van der Waals surface area contributed by atoms with Gasteiger partial charge < -0.3 is 13.9 Å². The molecule has 0 radical (unpaired) electrons. The molecule has 30 heavy (non-hydrogen) atoms. The van der Waals surface area contributed by atoms with Crippen molar-refractivity contribution in [1.82, 2.24) is 0 Å². The third-order valence-electron chi connectivity index (χ3n) is 8.35. The molecule has 2 fully saturated rings. The highest BCUT2D eigenvalue weighted by atomic mass is 28.4. The average molecular weight is 437 g/mol. The SMILES string of the molecule is CCOC(C#CC[C@@H](C)[C@H]1CC[C@H]2[C@@H](O[Si](C)(C)C(C)(C)C)CCC[C@]12C)OCC. The highest BCUT2D eigenvalue weighted by molar-refractivity contribution is 6.74. The number of rotatable bonds is 8. The summed E-state index contributed by atoms with van der Waals surface area (Å²) < 4.78 is 18.1. The fourth-order valence-corrected chi connectivity index (χ4v) is 7.06. The van der Waals surface area contributed by atoms with Gasteiger partial charge in [0.1, 0.15) is 0 Å². The molecule has 2 rings (SSSR count). The lowest BCUT2D eigenvalue weighted by atomic mass is 9.61. The van der Waals surface area contributed by atoms with Crippen LogP contribution in [0.3, 0.4) is 0 Å². The molecule has 0 saturated heterocycles. The van der Waals surface area contributed by atoms with Crippen LogP contribution in [-0.2, 0) is 13.9 Å². The maximum atomic E-state index is 6.99. The molecule has 0 spiro atoms. The zero-order valence-corrected chi connectivity index (χ0v) is 22.3. The first kappa shape index (κ1) is 25.9. The zero-order valence-electron chi connectivity index (χ0n) is 21.3. The van der Waals surface area contributed by atoms with E-state index in [1.165, 1.54) is 32.1 Å². The first-order valence-corrected chi connectivity index (χ1v) is 15.3. The van der Waals surface area contributed by atoms with E-state index in [-0.39, 0.29) is 11.3 Å². The average Bonchev–Trinajstić information content (AvgIpc) is 2.99. The maximum absolute atomic E-state index is 6.99. The molecule has 2 aliphatic rings. The molecule has 174 valence electrons. The van der Waals surface area contributed by atoms with E-state index in [1.807, 2.05) is 13.8 Å². The van der Waals surface area contributed by atoms with Crippen molar-refractivity contribution in [1.29, 1.82) is 0 Å². The molecule has 0 unspecified atom stereocenters. The highest BCUT2D eigenvalue weighted by Crippen LogP contribution is 2.59. The Morgan fingerprint density at radius 2 is 1.70 bits per heavy atom. The van der Waals surface area contributed by atoms with Gasteiger partial charge in [-0.1, -0.05) is 47.0 Å². The van der Waals surface area contributed by atoms with E-state index in [2.05, 4.69) is 59.6 Å². The molecule has 0 amide bonds. The van der Waals surface area contributed by atoms with Gasteiger partial charge in [0.15, 0.2) is 8.32 Å². The topological polar surface area (TPSA) is 27.7 Å². The van der Waals surface area contributed by atoms with Crippen molar-refractivity contribution < 1.29 is 13.9 Å². The van der Waals surface area contributed by atoms with E-state index in [9.17, 15) is 0 Å². The Labute approximate surface area is 188 Å². The predicted octanol–water partition coefficient (Wildman–Crippen LogP) is 7.02. The lowest BCUT2D eigenvalue weighted by molar-refractivity contribution is -0.0970. The molecular weight excluding hydrogens is 388 g/mol. The van der Waals surface area contributed by atoms with E-state index in [0.717, 1.165) is 12.3 Å². The van der Waals surface area contributed by atoms with Gasteiger partial charge in [-0.25, -0.2) is 0 Å². The Kier molecular flexibility index (Phi) is 9.08. The molecule has 0 aromatic rings. The predicted molar refractivity (Wildman–Crippen MR) is 129 cm³/mol. The Bertz CT molecular complexity index is 594. The second kappa shape index (κ2) is 10.5. The molecule has 0 aromatic carbocycles. The normalized spacial score (nSPS) is 30.7. The van der Waals surface area contributed by atoms with Crippen LogP contribution in [0.5, 0.6) is 0 Å². The van der Waals surface area contributed by atoms with Crippen LogP contribution in [0.15, 0.2) is 0 Å². The smallest absolute Gasteiger partial charge is 0.222 e. The van der Waals surface area contributed by atoms with Crippen LogP contribution < -0.4 is 0 Å². The summed E-state index contributed by atoms with van der Waals surface area (Å²) in [5, 5.41) is 0.277. The molecule has 0 aromatic heterocycles. The zero-order chi connectivity index (χ0) is 22.6. The summed E-state index contributed by atoms with van der Waals surface area (Å²) in [4.78, 5) is 0. The second-order valence-corrected chi connectivity index (χ2v) is 16.1. The Morgan fingerprint density at radius 1 is 1.07 bits per heavy atom. The van der Waals surface area contributed by atoms with Gasteiger partial charge in [-0.05, 0) is 86.8 Å². The number of fused-ring (bicyclic) bond motifs is 1. The van der Waals surface area contributed by atoms with E-state index in [0.29, 0.717) is 36.6 Å². The van der Waals surface area contributed by atoms with Crippen molar-refractivity contribution in [3.8, 4) is 11.8 Å². The summed E-state index contributed by atoms with van der Waals surface area (Å²) in [5.74, 6) is 8.64. The monoisotopic (exact) mass is 436 g/mol. The van der Waals surface area contributed by atoms with Crippen molar-refractivity contribution in [2.75, 3.05) is 13.2 Å². The van der Waals surface area contributed by atoms with Crippen LogP contribution >= 0.6 is 0 Å². The molecule has 0 bridgehead atoms. The van der Waals surface area contributed by atoms with Gasteiger partial charge in [0.2, 0.25) is 6.29 Å². The van der Waals surface area contributed by atoms with Crippen LogP contribution in [0.1, 0.15) is 87.0 Å². The summed E-state index contributed by atoms with van der Waals surface area (Å²) in [7, 11) is -1.73. The summed E-state index contributed by atoms with van der Waals surface area (Å²) >= 11 is 0. The van der Waals surface area contributed by atoms with Crippen molar-refractivity contribution in [3.63, 3.8) is 0 Å². The van der Waals surface area contributed by atoms with Crippen LogP contribution in [0, 0.1) is 35.0 Å². The van der Waals surface area contributed by atoms with Gasteiger partial charge in [0.05, 0.1) is 0 Å². The largest absolute Gasteiger partial charge is 0.414 e. The number of hydrogen-bond donors (Lipinski definition) is 0. The summed E-state index contributed by atoms with van der Waals surface area (Å²) in [5.41, 5.74) is 0.394. The van der Waals surface area contributed by atoms with Crippen LogP contribution in [-0.4, -0.2) is 33.9 Å². The van der Waals surface area contributed by atoms with E-state index >= 15 is 0 Å². The molecule has 0 aliphatic heterocycles.